The van der Waals surface area contributed by atoms with Gasteiger partial charge in [-0.3, -0.25) is 14.6 Å². The number of amides is 2. The van der Waals surface area contributed by atoms with Gasteiger partial charge in [-0.15, -0.1) is 0 Å². The average molecular weight is 490 g/mol. The van der Waals surface area contributed by atoms with Crippen molar-refractivity contribution in [2.24, 2.45) is 5.41 Å². The van der Waals surface area contributed by atoms with Crippen molar-refractivity contribution in [1.29, 1.82) is 0 Å². The molecule has 1 aromatic heterocycles. The average Bonchev–Trinajstić information content (AvgIpc) is 2.90. The summed E-state index contributed by atoms with van der Waals surface area (Å²) in [6, 6.07) is 16.8. The molecule has 2 aliphatic rings. The Labute approximate surface area is 209 Å². The molecular weight excluding hydrogens is 458 g/mol. The topological polar surface area (TPSA) is 112 Å². The zero-order chi connectivity index (χ0) is 25.1. The molecule has 8 nitrogen and oxygen atoms in total. The number of nitrogens with zero attached hydrogens (tertiary/aromatic N) is 2. The third-order valence-electron chi connectivity index (χ3n) is 7.46. The van der Waals surface area contributed by atoms with Gasteiger partial charge in [-0.2, -0.15) is 0 Å². The predicted molar refractivity (Wildman–Crippen MR) is 135 cm³/mol. The number of aromatic nitrogens is 1. The Morgan fingerprint density at radius 1 is 1.06 bits per heavy atom. The van der Waals surface area contributed by atoms with Crippen LogP contribution in [0.4, 0.5) is 0 Å². The molecule has 0 radical (unpaired) electrons. The minimum Gasteiger partial charge on any atom is -0.483 e. The first kappa shape index (κ1) is 24.2. The van der Waals surface area contributed by atoms with Gasteiger partial charge in [0.05, 0.1) is 23.3 Å². The van der Waals surface area contributed by atoms with Crippen molar-refractivity contribution < 1.29 is 24.5 Å². The first-order valence-electron chi connectivity index (χ1n) is 12.4. The monoisotopic (exact) mass is 489 g/mol. The highest BCUT2D eigenvalue weighted by atomic mass is 16.5. The van der Waals surface area contributed by atoms with Crippen LogP contribution < -0.4 is 10.1 Å². The standard InChI is InChI=1S/C28H31N3O5/c32-23-14-20-6-2-4-8-25(20)36-17-26(34)30-18-28(15-24(23)33)9-11-31(12-10-28)27(35)21-13-19-5-1-3-7-22(19)29-16-21/h1-8,13,16,23-24,32-33H,9-12,14-15,17-18H2,(H,30,34)/t23-,24+/m0/s1. The Morgan fingerprint density at radius 3 is 2.64 bits per heavy atom. The van der Waals surface area contributed by atoms with E-state index in [-0.39, 0.29) is 24.8 Å². The summed E-state index contributed by atoms with van der Waals surface area (Å²) < 4.78 is 5.70. The number of hydrogen-bond donors (Lipinski definition) is 3. The van der Waals surface area contributed by atoms with E-state index in [0.29, 0.717) is 50.2 Å². The van der Waals surface area contributed by atoms with Gasteiger partial charge in [-0.05, 0) is 48.4 Å². The van der Waals surface area contributed by atoms with Gasteiger partial charge in [0.25, 0.3) is 11.8 Å². The maximum atomic E-state index is 13.2. The van der Waals surface area contributed by atoms with Crippen LogP contribution in [0.5, 0.6) is 5.75 Å². The van der Waals surface area contributed by atoms with Gasteiger partial charge in [0, 0.05) is 37.6 Å². The highest BCUT2D eigenvalue weighted by molar-refractivity contribution is 5.97. The summed E-state index contributed by atoms with van der Waals surface area (Å²) in [5.41, 5.74) is 1.70. The van der Waals surface area contributed by atoms with E-state index in [4.69, 9.17) is 4.74 Å². The van der Waals surface area contributed by atoms with Crippen LogP contribution >= 0.6 is 0 Å². The molecule has 3 aromatic rings. The molecule has 8 heteroatoms. The van der Waals surface area contributed by atoms with Crippen LogP contribution in [0.3, 0.4) is 0 Å². The normalized spacial score (nSPS) is 22.6. The molecule has 3 N–H and O–H groups in total. The molecule has 5 rings (SSSR count). The largest absolute Gasteiger partial charge is 0.483 e. The van der Waals surface area contributed by atoms with Crippen molar-refractivity contribution in [3.63, 3.8) is 0 Å². The van der Waals surface area contributed by atoms with E-state index in [0.717, 1.165) is 16.5 Å². The molecule has 2 aromatic carbocycles. The molecule has 2 amide bonds. The number of hydrogen-bond acceptors (Lipinski definition) is 6. The summed E-state index contributed by atoms with van der Waals surface area (Å²) in [6.07, 6.45) is 1.43. The molecule has 1 fully saturated rings. The summed E-state index contributed by atoms with van der Waals surface area (Å²) in [5.74, 6) is 0.218. The second-order valence-electron chi connectivity index (χ2n) is 9.92. The van der Waals surface area contributed by atoms with E-state index in [1.165, 1.54) is 0 Å². The minimum absolute atomic E-state index is 0.0779. The Morgan fingerprint density at radius 2 is 1.81 bits per heavy atom. The van der Waals surface area contributed by atoms with E-state index in [9.17, 15) is 19.8 Å². The van der Waals surface area contributed by atoms with Crippen molar-refractivity contribution in [3.05, 3.63) is 71.9 Å². The van der Waals surface area contributed by atoms with Crippen molar-refractivity contribution >= 4 is 22.7 Å². The fourth-order valence-corrected chi connectivity index (χ4v) is 5.24. The van der Waals surface area contributed by atoms with Crippen molar-refractivity contribution in [3.8, 4) is 5.75 Å². The van der Waals surface area contributed by atoms with Crippen molar-refractivity contribution in [1.82, 2.24) is 15.2 Å². The molecule has 1 saturated heterocycles. The lowest BCUT2D eigenvalue weighted by molar-refractivity contribution is -0.124. The highest BCUT2D eigenvalue weighted by Crippen LogP contribution is 2.37. The number of ether oxygens (including phenoxy) is 1. The van der Waals surface area contributed by atoms with Crippen LogP contribution in [0.15, 0.2) is 60.8 Å². The molecule has 2 aliphatic heterocycles. The lowest BCUT2D eigenvalue weighted by Crippen LogP contribution is -2.51. The number of pyridine rings is 1. The highest BCUT2D eigenvalue weighted by Gasteiger charge is 2.39. The summed E-state index contributed by atoms with van der Waals surface area (Å²) in [6.45, 7) is 1.21. The number of likely N-dealkylation sites (tertiary alicyclic amines) is 1. The summed E-state index contributed by atoms with van der Waals surface area (Å²) in [5, 5.41) is 25.6. The van der Waals surface area contributed by atoms with Gasteiger partial charge >= 0.3 is 0 Å². The fraction of sp³-hybridized carbons (Fsp3) is 0.393. The number of aliphatic hydroxyl groups is 2. The zero-order valence-corrected chi connectivity index (χ0v) is 20.1. The number of benzene rings is 2. The number of para-hydroxylation sites is 2. The Kier molecular flexibility index (Phi) is 6.89. The van der Waals surface area contributed by atoms with Gasteiger partial charge in [-0.1, -0.05) is 36.4 Å². The fourth-order valence-electron chi connectivity index (χ4n) is 5.24. The van der Waals surface area contributed by atoms with Crippen LogP contribution in [-0.2, 0) is 11.2 Å². The molecule has 36 heavy (non-hydrogen) atoms. The number of carbonyl (C=O) groups excluding carboxylic acids is 2. The van der Waals surface area contributed by atoms with Gasteiger partial charge in [0.1, 0.15) is 5.75 Å². The quantitative estimate of drug-likeness (QED) is 0.484. The number of rotatable bonds is 1. The van der Waals surface area contributed by atoms with Crippen LogP contribution in [0, 0.1) is 5.41 Å². The SMILES string of the molecule is O=C1COc2ccccc2C[C@H](O)[C@H](O)CC2(CCN(C(=O)c3cnc4ccccc4c3)CC2)CN1. The summed E-state index contributed by atoms with van der Waals surface area (Å²) >= 11 is 0. The number of fused-ring (bicyclic) bond motifs is 2. The van der Waals surface area contributed by atoms with Gasteiger partial charge in [0.15, 0.2) is 6.61 Å². The Balaban J connectivity index is 1.30. The predicted octanol–water partition coefficient (Wildman–Crippen LogP) is 2.32. The lowest BCUT2D eigenvalue weighted by atomic mass is 9.73. The zero-order valence-electron chi connectivity index (χ0n) is 20.1. The van der Waals surface area contributed by atoms with Crippen molar-refractivity contribution in [2.45, 2.75) is 37.9 Å². The molecule has 1 spiro atoms. The number of carbonyl (C=O) groups is 2. The number of nitrogens with one attached hydrogen (secondary N) is 1. The van der Waals surface area contributed by atoms with Gasteiger partial charge in [-0.25, -0.2) is 0 Å². The third-order valence-corrected chi connectivity index (χ3v) is 7.46. The first-order chi connectivity index (χ1) is 17.4. The van der Waals surface area contributed by atoms with E-state index in [1.807, 2.05) is 48.5 Å². The van der Waals surface area contributed by atoms with E-state index in [1.54, 1.807) is 17.2 Å². The molecule has 3 heterocycles. The van der Waals surface area contributed by atoms with E-state index in [2.05, 4.69) is 10.3 Å². The maximum absolute atomic E-state index is 13.2. The molecule has 0 aliphatic carbocycles. The molecule has 2 atom stereocenters. The summed E-state index contributed by atoms with van der Waals surface area (Å²) in [4.78, 5) is 32.0. The smallest absolute Gasteiger partial charge is 0.257 e. The van der Waals surface area contributed by atoms with E-state index >= 15 is 0 Å². The van der Waals surface area contributed by atoms with Crippen molar-refractivity contribution in [2.75, 3.05) is 26.2 Å². The molecule has 188 valence electrons. The second-order valence-corrected chi connectivity index (χ2v) is 9.92. The molecular formula is C28H31N3O5. The van der Waals surface area contributed by atoms with Gasteiger partial charge in [0.2, 0.25) is 0 Å². The Bertz CT molecular complexity index is 1250. The first-order valence-corrected chi connectivity index (χ1v) is 12.4. The second kappa shape index (κ2) is 10.2. The molecule has 0 saturated carbocycles. The number of piperidine rings is 1. The van der Waals surface area contributed by atoms with Crippen LogP contribution in [-0.4, -0.2) is 70.4 Å². The van der Waals surface area contributed by atoms with Crippen LogP contribution in [0.2, 0.25) is 0 Å². The third kappa shape index (κ3) is 5.20. The van der Waals surface area contributed by atoms with E-state index < -0.39 is 17.6 Å². The molecule has 0 unspecified atom stereocenters. The molecule has 0 bridgehead atoms. The lowest BCUT2D eigenvalue weighted by Gasteiger charge is -2.43. The van der Waals surface area contributed by atoms with Crippen LogP contribution in [0.25, 0.3) is 10.9 Å². The van der Waals surface area contributed by atoms with Crippen LogP contribution in [0.1, 0.15) is 35.2 Å². The van der Waals surface area contributed by atoms with Gasteiger partial charge < -0.3 is 25.2 Å². The minimum atomic E-state index is -0.971. The number of aliphatic hydroxyl groups excluding tert-OH is 2. The Hall–Kier alpha value is -3.49. The summed E-state index contributed by atoms with van der Waals surface area (Å²) in [7, 11) is 0. The maximum Gasteiger partial charge on any atom is 0.257 e.